The van der Waals surface area contributed by atoms with Gasteiger partial charge < -0.3 is 46.2 Å². The average Bonchev–Trinajstić information content (AvgIpc) is 2.76. The largest absolute Gasteiger partial charge is 0.510 e. The number of amides is 2. The summed E-state index contributed by atoms with van der Waals surface area (Å²) >= 11 is 0. The van der Waals surface area contributed by atoms with Crippen molar-refractivity contribution in [2.24, 2.45) is 5.92 Å². The molecule has 1 heterocycles. The van der Waals surface area contributed by atoms with Crippen molar-refractivity contribution in [3.05, 3.63) is 29.5 Å². The van der Waals surface area contributed by atoms with Crippen molar-refractivity contribution in [2.75, 3.05) is 29.2 Å². The Bertz CT molecular complexity index is 1030. The van der Waals surface area contributed by atoms with E-state index in [1.54, 1.807) is 0 Å². The van der Waals surface area contributed by atoms with Gasteiger partial charge in [0.25, 0.3) is 11.8 Å². The highest BCUT2D eigenvalue weighted by molar-refractivity contribution is 6.20. The summed E-state index contributed by atoms with van der Waals surface area (Å²) in [4.78, 5) is 59.7. The third-order valence-electron chi connectivity index (χ3n) is 4.87. The van der Waals surface area contributed by atoms with Crippen molar-refractivity contribution >= 4 is 46.6 Å². The molecule has 2 rings (SSSR count). The van der Waals surface area contributed by atoms with Crippen LogP contribution in [-0.2, 0) is 28.7 Å². The Morgan fingerprint density at radius 3 is 1.83 bits per heavy atom. The lowest BCUT2D eigenvalue weighted by atomic mass is 9.92. The Labute approximate surface area is 198 Å². The first-order valence-electron chi connectivity index (χ1n) is 10.2. The molecule has 1 aromatic carbocycles. The zero-order chi connectivity index (χ0) is 26.4. The van der Waals surface area contributed by atoms with E-state index in [4.69, 9.17) is 10.2 Å². The van der Waals surface area contributed by atoms with Crippen LogP contribution < -0.4 is 16.0 Å². The van der Waals surface area contributed by atoms with Gasteiger partial charge in [0.05, 0.1) is 13.2 Å². The van der Waals surface area contributed by atoms with Crippen molar-refractivity contribution in [3.8, 4) is 0 Å². The molecule has 0 fully saturated rings. The van der Waals surface area contributed by atoms with Gasteiger partial charge in [0.15, 0.2) is 18.0 Å². The molecule has 0 saturated carbocycles. The SMILES string of the molecule is CC(=O)C1=C(O)C(C(C)Nc2cc(NC(=O)[C@H](O)CO)cc(NC(=O)[C@H](O)CO)c2)C(=O)OC1=O. The van der Waals surface area contributed by atoms with E-state index >= 15 is 0 Å². The zero-order valence-corrected chi connectivity index (χ0v) is 18.6. The topological polar surface area (TPSA) is 232 Å². The van der Waals surface area contributed by atoms with Gasteiger partial charge in [0, 0.05) is 23.1 Å². The highest BCUT2D eigenvalue weighted by Crippen LogP contribution is 2.29. The number of carbonyl (C=O) groups excluding carboxylic acids is 5. The molecule has 1 aliphatic rings. The molecule has 35 heavy (non-hydrogen) atoms. The molecule has 14 heteroatoms. The van der Waals surface area contributed by atoms with Crippen LogP contribution in [0.25, 0.3) is 0 Å². The van der Waals surface area contributed by atoms with Gasteiger partial charge in [-0.3, -0.25) is 19.2 Å². The number of cyclic esters (lactones) is 2. The van der Waals surface area contributed by atoms with E-state index < -0.39 is 78.2 Å². The lowest BCUT2D eigenvalue weighted by Gasteiger charge is -2.27. The minimum atomic E-state index is -1.75. The quantitative estimate of drug-likeness (QED) is 0.102. The second kappa shape index (κ2) is 11.5. The number of nitrogens with one attached hydrogen (secondary N) is 3. The van der Waals surface area contributed by atoms with E-state index in [1.807, 2.05) is 0 Å². The number of ether oxygens (including phenoxy) is 1. The summed E-state index contributed by atoms with van der Waals surface area (Å²) < 4.78 is 4.56. The van der Waals surface area contributed by atoms with Gasteiger partial charge >= 0.3 is 11.9 Å². The van der Waals surface area contributed by atoms with Crippen LogP contribution in [0.15, 0.2) is 29.5 Å². The van der Waals surface area contributed by atoms with Crippen molar-refractivity contribution in [3.63, 3.8) is 0 Å². The summed E-state index contributed by atoms with van der Waals surface area (Å²) in [6.45, 7) is 0.712. The Morgan fingerprint density at radius 2 is 1.40 bits per heavy atom. The summed E-state index contributed by atoms with van der Waals surface area (Å²) in [5, 5.41) is 54.7. The summed E-state index contributed by atoms with van der Waals surface area (Å²) in [5.74, 6) is -7.41. The second-order valence-electron chi connectivity index (χ2n) is 7.61. The van der Waals surface area contributed by atoms with E-state index in [9.17, 15) is 39.3 Å². The van der Waals surface area contributed by atoms with Crippen molar-refractivity contribution in [1.29, 1.82) is 0 Å². The van der Waals surface area contributed by atoms with Gasteiger partial charge in [-0.25, -0.2) is 4.79 Å². The lowest BCUT2D eigenvalue weighted by molar-refractivity contribution is -0.162. The molecular weight excluding hydrogens is 470 g/mol. The summed E-state index contributed by atoms with van der Waals surface area (Å²) in [6.07, 6.45) is -3.50. The maximum absolute atomic E-state index is 12.3. The third-order valence-corrected chi connectivity index (χ3v) is 4.87. The number of ketones is 1. The molecular formula is C21H25N3O11. The first-order chi connectivity index (χ1) is 16.4. The highest BCUT2D eigenvalue weighted by atomic mass is 16.6. The second-order valence-corrected chi connectivity index (χ2v) is 7.61. The number of carbonyl (C=O) groups is 5. The zero-order valence-electron chi connectivity index (χ0n) is 18.6. The summed E-state index contributed by atoms with van der Waals surface area (Å²) in [6, 6.07) is 2.86. The van der Waals surface area contributed by atoms with Crippen molar-refractivity contribution < 1.29 is 54.2 Å². The minimum absolute atomic E-state index is 0.000856. The average molecular weight is 495 g/mol. The summed E-state index contributed by atoms with van der Waals surface area (Å²) in [7, 11) is 0. The Kier molecular flexibility index (Phi) is 9.02. The number of Topliss-reactive ketones (excluding diaryl/α,β-unsaturated/α-hetero) is 1. The Hall–Kier alpha value is -3.85. The molecule has 0 bridgehead atoms. The molecule has 14 nitrogen and oxygen atoms in total. The molecule has 0 saturated heterocycles. The van der Waals surface area contributed by atoms with Crippen LogP contribution in [0.5, 0.6) is 0 Å². The van der Waals surface area contributed by atoms with E-state index in [1.165, 1.54) is 25.1 Å². The summed E-state index contributed by atoms with van der Waals surface area (Å²) in [5.41, 5.74) is -0.546. The molecule has 0 radical (unpaired) electrons. The first-order valence-corrected chi connectivity index (χ1v) is 10.2. The van der Waals surface area contributed by atoms with E-state index in [-0.39, 0.29) is 17.1 Å². The van der Waals surface area contributed by atoms with Gasteiger partial charge in [-0.05, 0) is 32.0 Å². The fraction of sp³-hybridized carbons (Fsp3) is 0.381. The van der Waals surface area contributed by atoms with E-state index in [0.29, 0.717) is 0 Å². The van der Waals surface area contributed by atoms with Crippen LogP contribution in [0.1, 0.15) is 13.8 Å². The van der Waals surface area contributed by atoms with Gasteiger partial charge in [-0.15, -0.1) is 0 Å². The van der Waals surface area contributed by atoms with Gasteiger partial charge in [0.2, 0.25) is 0 Å². The number of benzene rings is 1. The van der Waals surface area contributed by atoms with Crippen LogP contribution in [0.3, 0.4) is 0 Å². The fourth-order valence-corrected chi connectivity index (χ4v) is 3.16. The molecule has 190 valence electrons. The number of hydrogen-bond acceptors (Lipinski definition) is 12. The number of aliphatic hydroxyl groups excluding tert-OH is 5. The van der Waals surface area contributed by atoms with Crippen molar-refractivity contribution in [2.45, 2.75) is 32.1 Å². The number of esters is 2. The Balaban J connectivity index is 2.40. The third kappa shape index (κ3) is 6.60. The van der Waals surface area contributed by atoms with Crippen LogP contribution in [-0.4, -0.2) is 86.5 Å². The number of hydrogen-bond donors (Lipinski definition) is 8. The predicted molar refractivity (Wildman–Crippen MR) is 118 cm³/mol. The van der Waals surface area contributed by atoms with Gasteiger partial charge in [-0.1, -0.05) is 0 Å². The monoisotopic (exact) mass is 495 g/mol. The Morgan fingerprint density at radius 1 is 0.943 bits per heavy atom. The predicted octanol–water partition coefficient (Wildman–Crippen LogP) is -1.83. The number of rotatable bonds is 10. The standard InChI is InChI=1S/C21H25N3O11/c1-8(15-17(30)16(9(2)27)21(34)35-20(15)33)22-10-3-11(23-18(31)13(28)6-25)5-12(4-10)24-19(32)14(29)7-26/h3-5,8,13-15,22,25-26,28-30H,6-7H2,1-2H3,(H,23,31)(H,24,32)/t8?,13-,14-,15?/m1/s1. The van der Waals surface area contributed by atoms with Crippen LogP contribution in [0.4, 0.5) is 17.1 Å². The molecule has 1 aromatic rings. The van der Waals surface area contributed by atoms with Gasteiger partial charge in [0.1, 0.15) is 17.3 Å². The first kappa shape index (κ1) is 27.4. The van der Waals surface area contributed by atoms with Crippen LogP contribution in [0.2, 0.25) is 0 Å². The molecule has 0 aromatic heterocycles. The van der Waals surface area contributed by atoms with Crippen molar-refractivity contribution in [1.82, 2.24) is 0 Å². The molecule has 2 amide bonds. The fourth-order valence-electron chi connectivity index (χ4n) is 3.16. The maximum Gasteiger partial charge on any atom is 0.352 e. The minimum Gasteiger partial charge on any atom is -0.510 e. The number of anilines is 3. The normalized spacial score (nSPS) is 18.3. The molecule has 8 N–H and O–H groups in total. The number of aliphatic hydroxyl groups is 5. The lowest BCUT2D eigenvalue weighted by Crippen LogP contribution is -2.41. The smallest absolute Gasteiger partial charge is 0.352 e. The maximum atomic E-state index is 12.3. The molecule has 0 spiro atoms. The van der Waals surface area contributed by atoms with E-state index in [0.717, 1.165) is 6.92 Å². The van der Waals surface area contributed by atoms with Crippen LogP contribution in [0, 0.1) is 5.92 Å². The molecule has 0 aliphatic carbocycles. The van der Waals surface area contributed by atoms with E-state index in [2.05, 4.69) is 20.7 Å². The van der Waals surface area contributed by atoms with Crippen LogP contribution >= 0.6 is 0 Å². The highest BCUT2D eigenvalue weighted by Gasteiger charge is 2.42. The molecule has 2 unspecified atom stereocenters. The van der Waals surface area contributed by atoms with Gasteiger partial charge in [-0.2, -0.15) is 0 Å². The molecule has 4 atom stereocenters. The molecule has 1 aliphatic heterocycles.